The molecule has 3 heterocycles. The molecule has 0 aliphatic heterocycles. The minimum atomic E-state index is 0.138. The number of hydrogen-bond donors (Lipinski definition) is 0. The van der Waals surface area contributed by atoms with Crippen molar-refractivity contribution in [2.45, 2.75) is 73.6 Å². The number of rotatable bonds is 6. The van der Waals surface area contributed by atoms with E-state index in [1.54, 1.807) is 0 Å². The summed E-state index contributed by atoms with van der Waals surface area (Å²) in [5, 5.41) is 2.09. The highest BCUT2D eigenvalue weighted by molar-refractivity contribution is 6.08. The highest BCUT2D eigenvalue weighted by Crippen LogP contribution is 2.42. The van der Waals surface area contributed by atoms with Gasteiger partial charge in [-0.3, -0.25) is 4.57 Å². The minimum Gasteiger partial charge on any atom is -0.437 e. The summed E-state index contributed by atoms with van der Waals surface area (Å²) in [6.07, 6.45) is 0.886. The van der Waals surface area contributed by atoms with Crippen molar-refractivity contribution in [3.05, 3.63) is 113 Å². The predicted molar refractivity (Wildman–Crippen MR) is 193 cm³/mol. The maximum Gasteiger partial charge on any atom is 0.227 e. The van der Waals surface area contributed by atoms with Gasteiger partial charge < -0.3 is 4.42 Å². The molecule has 4 nitrogen and oxygen atoms in total. The smallest absolute Gasteiger partial charge is 0.227 e. The summed E-state index contributed by atoms with van der Waals surface area (Å²) in [6, 6.07) is 32.8. The fraction of sp³-hybridized carbons (Fsp3) is 0.286. The Bertz CT molecular complexity index is 2200. The van der Waals surface area contributed by atoms with E-state index in [9.17, 15) is 0 Å². The molecule has 0 aliphatic rings. The zero-order chi connectivity index (χ0) is 32.3. The molecular weight excluding hydrogens is 562 g/mol. The Kier molecular flexibility index (Phi) is 7.35. The molecule has 0 aliphatic carbocycles. The van der Waals surface area contributed by atoms with Gasteiger partial charge in [-0.25, -0.2) is 9.97 Å². The Balaban J connectivity index is 1.54. The molecule has 0 amide bonds. The standard InChI is InChI=1S/C42H43N3O/c1-25(2)34-22-29(28-13-10-9-11-14-28)23-35(26(3)4)38(34)45-37-20-17-27(5)21-36(37)44-40(45)33-16-12-15-31-32-19-18-30(24-42(6,7)8)43-41(32)46-39(31)33/h9-23,25-26H,24H2,1-8H3. The van der Waals surface area contributed by atoms with Crippen molar-refractivity contribution in [3.8, 4) is 28.2 Å². The summed E-state index contributed by atoms with van der Waals surface area (Å²) in [5.74, 6) is 1.47. The van der Waals surface area contributed by atoms with Crippen LogP contribution < -0.4 is 0 Å². The summed E-state index contributed by atoms with van der Waals surface area (Å²) in [6.45, 7) is 18.0. The first kappa shape index (κ1) is 30.0. The molecule has 0 atom stereocenters. The molecule has 0 fully saturated rings. The number of fused-ring (bicyclic) bond motifs is 4. The van der Waals surface area contributed by atoms with Crippen molar-refractivity contribution >= 4 is 33.1 Å². The van der Waals surface area contributed by atoms with E-state index in [1.807, 2.05) is 0 Å². The molecule has 232 valence electrons. The van der Waals surface area contributed by atoms with Crippen molar-refractivity contribution < 1.29 is 4.42 Å². The Labute approximate surface area is 272 Å². The van der Waals surface area contributed by atoms with Crippen molar-refractivity contribution in [2.24, 2.45) is 5.41 Å². The summed E-state index contributed by atoms with van der Waals surface area (Å²) in [5.41, 5.74) is 13.2. The normalized spacial score (nSPS) is 12.4. The van der Waals surface area contributed by atoms with Gasteiger partial charge >= 0.3 is 0 Å². The highest BCUT2D eigenvalue weighted by atomic mass is 16.3. The molecule has 0 unspecified atom stereocenters. The first-order valence-electron chi connectivity index (χ1n) is 16.5. The minimum absolute atomic E-state index is 0.138. The number of hydrogen-bond acceptors (Lipinski definition) is 3. The molecule has 0 saturated carbocycles. The Morgan fingerprint density at radius 2 is 1.43 bits per heavy atom. The van der Waals surface area contributed by atoms with Crippen LogP contribution in [0.5, 0.6) is 0 Å². The van der Waals surface area contributed by atoms with Crippen LogP contribution in [0.1, 0.15) is 82.7 Å². The van der Waals surface area contributed by atoms with Crippen LogP contribution in [-0.2, 0) is 6.42 Å². The lowest BCUT2D eigenvalue weighted by Gasteiger charge is -2.24. The monoisotopic (exact) mass is 605 g/mol. The van der Waals surface area contributed by atoms with Crippen LogP contribution in [-0.4, -0.2) is 14.5 Å². The van der Waals surface area contributed by atoms with E-state index in [2.05, 4.69) is 151 Å². The van der Waals surface area contributed by atoms with Crippen LogP contribution >= 0.6 is 0 Å². The van der Waals surface area contributed by atoms with E-state index in [0.29, 0.717) is 17.5 Å². The fourth-order valence-corrected chi connectivity index (χ4v) is 6.75. The van der Waals surface area contributed by atoms with Gasteiger partial charge in [0.15, 0.2) is 0 Å². The Morgan fingerprint density at radius 1 is 0.717 bits per heavy atom. The molecule has 0 radical (unpaired) electrons. The van der Waals surface area contributed by atoms with Crippen LogP contribution in [0.25, 0.3) is 61.3 Å². The maximum absolute atomic E-state index is 6.67. The van der Waals surface area contributed by atoms with Crippen molar-refractivity contribution in [2.75, 3.05) is 0 Å². The van der Waals surface area contributed by atoms with Crippen molar-refractivity contribution in [1.29, 1.82) is 0 Å². The van der Waals surface area contributed by atoms with Gasteiger partial charge in [-0.1, -0.05) is 97.0 Å². The van der Waals surface area contributed by atoms with Gasteiger partial charge in [0, 0.05) is 16.5 Å². The average molecular weight is 606 g/mol. The average Bonchev–Trinajstić information content (AvgIpc) is 3.57. The van der Waals surface area contributed by atoms with Gasteiger partial charge in [0.1, 0.15) is 11.4 Å². The zero-order valence-corrected chi connectivity index (χ0v) is 28.3. The second-order valence-corrected chi connectivity index (χ2v) is 14.6. The van der Waals surface area contributed by atoms with Gasteiger partial charge in [-0.2, -0.15) is 0 Å². The van der Waals surface area contributed by atoms with Crippen LogP contribution in [0, 0.1) is 12.3 Å². The topological polar surface area (TPSA) is 43.9 Å². The second-order valence-electron chi connectivity index (χ2n) is 14.6. The summed E-state index contributed by atoms with van der Waals surface area (Å²) >= 11 is 0. The van der Waals surface area contributed by atoms with Crippen LogP contribution in [0.4, 0.5) is 0 Å². The zero-order valence-electron chi connectivity index (χ0n) is 28.3. The third-order valence-electron chi connectivity index (χ3n) is 8.93. The Hall–Kier alpha value is -4.70. The number of benzene rings is 4. The van der Waals surface area contributed by atoms with Gasteiger partial charge in [0.2, 0.25) is 5.71 Å². The highest BCUT2D eigenvalue weighted by Gasteiger charge is 2.26. The van der Waals surface area contributed by atoms with E-state index < -0.39 is 0 Å². The second kappa shape index (κ2) is 11.3. The third kappa shape index (κ3) is 5.30. The first-order chi connectivity index (χ1) is 22.0. The van der Waals surface area contributed by atoms with Gasteiger partial charge in [-0.15, -0.1) is 0 Å². The van der Waals surface area contributed by atoms with Gasteiger partial charge in [0.05, 0.1) is 22.3 Å². The summed E-state index contributed by atoms with van der Waals surface area (Å²) in [7, 11) is 0. The fourth-order valence-electron chi connectivity index (χ4n) is 6.75. The van der Waals surface area contributed by atoms with Crippen LogP contribution in [0.2, 0.25) is 0 Å². The number of pyridine rings is 1. The largest absolute Gasteiger partial charge is 0.437 e. The van der Waals surface area contributed by atoms with Gasteiger partial charge in [0.25, 0.3) is 0 Å². The quantitative estimate of drug-likeness (QED) is 0.189. The SMILES string of the molecule is Cc1ccc2c(c1)nc(-c1cccc3c1oc1nc(CC(C)(C)C)ccc13)n2-c1c(C(C)C)cc(-c2ccccc2)cc1C(C)C. The summed E-state index contributed by atoms with van der Waals surface area (Å²) in [4.78, 5) is 10.4. The molecule has 3 aromatic heterocycles. The molecule has 0 bridgehead atoms. The molecule has 4 heteroatoms. The maximum atomic E-state index is 6.67. The number of para-hydroxylation sites is 1. The molecule has 0 spiro atoms. The molecule has 7 rings (SSSR count). The number of aryl methyl sites for hydroxylation is 1. The van der Waals surface area contributed by atoms with E-state index >= 15 is 0 Å². The number of nitrogens with zero attached hydrogens (tertiary/aromatic N) is 3. The first-order valence-corrected chi connectivity index (χ1v) is 16.5. The number of furan rings is 1. The predicted octanol–water partition coefficient (Wildman–Crippen LogP) is 11.8. The van der Waals surface area contributed by atoms with E-state index in [0.717, 1.165) is 50.9 Å². The van der Waals surface area contributed by atoms with Crippen molar-refractivity contribution in [1.82, 2.24) is 14.5 Å². The molecule has 46 heavy (non-hydrogen) atoms. The lowest BCUT2D eigenvalue weighted by molar-refractivity contribution is 0.406. The van der Waals surface area contributed by atoms with Crippen LogP contribution in [0.3, 0.4) is 0 Å². The third-order valence-corrected chi connectivity index (χ3v) is 8.93. The summed E-state index contributed by atoms with van der Waals surface area (Å²) < 4.78 is 9.07. The molecule has 7 aromatic rings. The van der Waals surface area contributed by atoms with E-state index in [4.69, 9.17) is 14.4 Å². The van der Waals surface area contributed by atoms with E-state index in [1.165, 1.54) is 33.5 Å². The Morgan fingerprint density at radius 3 is 2.11 bits per heavy atom. The molecule has 0 N–H and O–H groups in total. The molecule has 4 aromatic carbocycles. The molecular formula is C42H43N3O. The number of imidazole rings is 1. The van der Waals surface area contributed by atoms with Crippen LogP contribution in [0.15, 0.2) is 95.4 Å². The van der Waals surface area contributed by atoms with Crippen molar-refractivity contribution in [3.63, 3.8) is 0 Å². The molecule has 0 saturated heterocycles. The lowest BCUT2D eigenvalue weighted by atomic mass is 9.88. The number of aromatic nitrogens is 3. The van der Waals surface area contributed by atoms with E-state index in [-0.39, 0.29) is 5.41 Å². The lowest BCUT2D eigenvalue weighted by Crippen LogP contribution is -2.10. The van der Waals surface area contributed by atoms with Gasteiger partial charge in [-0.05, 0) is 101 Å².